The minimum Gasteiger partial charge on any atom is -0.390 e. The third-order valence-corrected chi connectivity index (χ3v) is 4.49. The zero-order valence-corrected chi connectivity index (χ0v) is 14.0. The molecule has 3 nitrogen and oxygen atoms in total. The molecule has 0 aliphatic heterocycles. The fourth-order valence-corrected chi connectivity index (χ4v) is 3.32. The molecule has 0 saturated heterocycles. The summed E-state index contributed by atoms with van der Waals surface area (Å²) < 4.78 is 0. The van der Waals surface area contributed by atoms with Crippen molar-refractivity contribution in [1.82, 2.24) is 5.32 Å². The highest BCUT2D eigenvalue weighted by molar-refractivity contribution is 7.16. The second-order valence-corrected chi connectivity index (χ2v) is 6.96. The van der Waals surface area contributed by atoms with Crippen LogP contribution in [0.4, 0.5) is 5.00 Å². The number of carbonyl (C=O) groups is 1. The molecule has 0 saturated carbocycles. The summed E-state index contributed by atoms with van der Waals surface area (Å²) in [6.45, 7) is 10.1. The number of benzene rings is 1. The van der Waals surface area contributed by atoms with Gasteiger partial charge in [-0.15, -0.1) is 11.3 Å². The van der Waals surface area contributed by atoms with Crippen molar-refractivity contribution in [3.05, 3.63) is 39.8 Å². The molecule has 1 aromatic carbocycles. The van der Waals surface area contributed by atoms with Crippen molar-refractivity contribution < 1.29 is 4.79 Å². The van der Waals surface area contributed by atoms with E-state index >= 15 is 0 Å². The number of carbonyl (C=O) groups excluding carboxylic acids is 1. The summed E-state index contributed by atoms with van der Waals surface area (Å²) in [4.78, 5) is 13.5. The summed E-state index contributed by atoms with van der Waals surface area (Å²) in [5.74, 6) is -0.0971. The minimum atomic E-state index is -0.0971. The van der Waals surface area contributed by atoms with Crippen LogP contribution < -0.4 is 11.1 Å². The van der Waals surface area contributed by atoms with Gasteiger partial charge in [0, 0.05) is 16.5 Å². The molecule has 0 aliphatic rings. The van der Waals surface area contributed by atoms with Gasteiger partial charge in [0.1, 0.15) is 0 Å². The maximum atomic E-state index is 12.5. The van der Waals surface area contributed by atoms with E-state index in [1.54, 1.807) is 0 Å². The zero-order valence-electron chi connectivity index (χ0n) is 13.2. The number of hydrogen-bond donors (Lipinski definition) is 2. The molecule has 21 heavy (non-hydrogen) atoms. The predicted molar refractivity (Wildman–Crippen MR) is 91.0 cm³/mol. The van der Waals surface area contributed by atoms with E-state index in [4.69, 9.17) is 5.73 Å². The third-order valence-electron chi connectivity index (χ3n) is 3.55. The van der Waals surface area contributed by atoms with Gasteiger partial charge in [-0.25, -0.2) is 0 Å². The third kappa shape index (κ3) is 3.10. The van der Waals surface area contributed by atoms with E-state index in [1.807, 2.05) is 20.8 Å². The lowest BCUT2D eigenvalue weighted by Gasteiger charge is -2.12. The molecule has 1 heterocycles. The van der Waals surface area contributed by atoms with Gasteiger partial charge in [0.25, 0.3) is 5.91 Å². The maximum absolute atomic E-state index is 12.5. The van der Waals surface area contributed by atoms with Crippen LogP contribution in [-0.2, 0) is 0 Å². The van der Waals surface area contributed by atoms with Crippen LogP contribution in [-0.4, -0.2) is 11.9 Å². The molecule has 112 valence electrons. The summed E-state index contributed by atoms with van der Waals surface area (Å²) in [5, 5.41) is 3.52. The second-order valence-electron chi connectivity index (χ2n) is 5.70. The van der Waals surface area contributed by atoms with Crippen molar-refractivity contribution in [3.63, 3.8) is 0 Å². The fourth-order valence-electron chi connectivity index (χ4n) is 2.37. The molecular formula is C17H22N2OS. The van der Waals surface area contributed by atoms with Crippen LogP contribution in [0.3, 0.4) is 0 Å². The van der Waals surface area contributed by atoms with Crippen LogP contribution in [0.5, 0.6) is 0 Å². The van der Waals surface area contributed by atoms with Gasteiger partial charge in [-0.3, -0.25) is 4.79 Å². The highest BCUT2D eigenvalue weighted by Crippen LogP contribution is 2.38. The SMILES string of the molecule is Cc1ccc(-c2c(C)sc(N)c2C(=O)NC(C)C)cc1C. The number of nitrogens with one attached hydrogen (secondary N) is 1. The monoisotopic (exact) mass is 302 g/mol. The van der Waals surface area contributed by atoms with Gasteiger partial charge in [-0.05, 0) is 51.3 Å². The number of hydrogen-bond acceptors (Lipinski definition) is 3. The number of anilines is 1. The molecule has 0 spiro atoms. The van der Waals surface area contributed by atoms with Gasteiger partial charge < -0.3 is 11.1 Å². The lowest BCUT2D eigenvalue weighted by Crippen LogP contribution is -2.30. The Labute approximate surface area is 130 Å². The molecule has 0 bridgehead atoms. The quantitative estimate of drug-likeness (QED) is 0.898. The molecule has 2 rings (SSSR count). The van der Waals surface area contributed by atoms with Crippen molar-refractivity contribution in [2.24, 2.45) is 0 Å². The Balaban J connectivity index is 2.57. The van der Waals surface area contributed by atoms with Crippen LogP contribution in [0.2, 0.25) is 0 Å². The van der Waals surface area contributed by atoms with E-state index in [0.717, 1.165) is 16.0 Å². The van der Waals surface area contributed by atoms with Crippen LogP contribution in [0.25, 0.3) is 11.1 Å². The van der Waals surface area contributed by atoms with Crippen LogP contribution in [0, 0.1) is 20.8 Å². The summed E-state index contributed by atoms with van der Waals surface area (Å²) in [6, 6.07) is 6.35. The van der Waals surface area contributed by atoms with Crippen molar-refractivity contribution in [1.29, 1.82) is 0 Å². The smallest absolute Gasteiger partial charge is 0.255 e. The highest BCUT2D eigenvalue weighted by Gasteiger charge is 2.22. The number of aryl methyl sites for hydroxylation is 3. The van der Waals surface area contributed by atoms with Gasteiger partial charge >= 0.3 is 0 Å². The van der Waals surface area contributed by atoms with Gasteiger partial charge in [-0.1, -0.05) is 18.2 Å². The first-order valence-corrected chi connectivity index (χ1v) is 7.90. The molecule has 0 unspecified atom stereocenters. The molecule has 0 radical (unpaired) electrons. The number of nitrogens with two attached hydrogens (primary N) is 1. The molecule has 0 atom stereocenters. The van der Waals surface area contributed by atoms with Crippen molar-refractivity contribution in [2.45, 2.75) is 40.7 Å². The summed E-state index contributed by atoms with van der Waals surface area (Å²) >= 11 is 1.47. The number of rotatable bonds is 3. The molecule has 4 heteroatoms. The average molecular weight is 302 g/mol. The first-order chi connectivity index (χ1) is 9.81. The Morgan fingerprint density at radius 1 is 1.19 bits per heavy atom. The fraction of sp³-hybridized carbons (Fsp3) is 0.353. The summed E-state index contributed by atoms with van der Waals surface area (Å²) in [7, 11) is 0. The molecular weight excluding hydrogens is 280 g/mol. The second kappa shape index (κ2) is 5.90. The molecule has 1 aromatic heterocycles. The van der Waals surface area contributed by atoms with Gasteiger partial charge in [0.15, 0.2) is 0 Å². The Morgan fingerprint density at radius 3 is 2.43 bits per heavy atom. The maximum Gasteiger partial charge on any atom is 0.255 e. The Morgan fingerprint density at radius 2 is 1.86 bits per heavy atom. The number of thiophene rings is 1. The van der Waals surface area contributed by atoms with E-state index in [-0.39, 0.29) is 11.9 Å². The van der Waals surface area contributed by atoms with Crippen molar-refractivity contribution >= 4 is 22.2 Å². The van der Waals surface area contributed by atoms with E-state index in [1.165, 1.54) is 22.5 Å². The summed E-state index contributed by atoms with van der Waals surface area (Å²) in [6.07, 6.45) is 0. The van der Waals surface area contributed by atoms with E-state index in [9.17, 15) is 4.79 Å². The predicted octanol–water partition coefficient (Wildman–Crippen LogP) is 4.06. The lowest BCUT2D eigenvalue weighted by atomic mass is 9.97. The van der Waals surface area contributed by atoms with Crippen LogP contribution in [0.1, 0.15) is 40.2 Å². The Hall–Kier alpha value is -1.81. The standard InChI is InChI=1S/C17H22N2OS/c1-9(2)19-17(20)15-14(12(5)21-16(15)18)13-7-6-10(3)11(4)8-13/h6-9H,18H2,1-5H3,(H,19,20). The normalized spacial score (nSPS) is 11.0. The highest BCUT2D eigenvalue weighted by atomic mass is 32.1. The minimum absolute atomic E-state index is 0.0877. The van der Waals surface area contributed by atoms with Gasteiger partial charge in [0.05, 0.1) is 10.6 Å². The lowest BCUT2D eigenvalue weighted by molar-refractivity contribution is 0.0945. The topological polar surface area (TPSA) is 55.1 Å². The van der Waals surface area contributed by atoms with Gasteiger partial charge in [-0.2, -0.15) is 0 Å². The zero-order chi connectivity index (χ0) is 15.7. The van der Waals surface area contributed by atoms with Crippen molar-refractivity contribution in [2.75, 3.05) is 5.73 Å². The van der Waals surface area contributed by atoms with E-state index < -0.39 is 0 Å². The number of amides is 1. The summed E-state index contributed by atoms with van der Waals surface area (Å²) in [5.41, 5.74) is 11.2. The van der Waals surface area contributed by atoms with Crippen molar-refractivity contribution in [3.8, 4) is 11.1 Å². The average Bonchev–Trinajstić information content (AvgIpc) is 2.67. The Kier molecular flexibility index (Phi) is 4.37. The van der Waals surface area contributed by atoms with Gasteiger partial charge in [0.2, 0.25) is 0 Å². The van der Waals surface area contributed by atoms with E-state index in [0.29, 0.717) is 10.6 Å². The molecule has 3 N–H and O–H groups in total. The largest absolute Gasteiger partial charge is 0.390 e. The van der Waals surface area contributed by atoms with Crippen LogP contribution in [0.15, 0.2) is 18.2 Å². The first-order valence-electron chi connectivity index (χ1n) is 7.08. The molecule has 2 aromatic rings. The number of nitrogen functional groups attached to an aromatic ring is 1. The molecule has 1 amide bonds. The molecule has 0 aliphatic carbocycles. The molecule has 0 fully saturated rings. The van der Waals surface area contributed by atoms with Crippen LogP contribution >= 0.6 is 11.3 Å². The Bertz CT molecular complexity index is 686. The first kappa shape index (κ1) is 15.6. The van der Waals surface area contributed by atoms with E-state index in [2.05, 4.69) is 37.4 Å².